The van der Waals surface area contributed by atoms with Crippen LogP contribution in [0, 0.1) is 11.8 Å². The van der Waals surface area contributed by atoms with Gasteiger partial charge in [0.25, 0.3) is 0 Å². The number of hydrogen-bond donors (Lipinski definition) is 0. The summed E-state index contributed by atoms with van der Waals surface area (Å²) in [5.41, 5.74) is 1.87. The average Bonchev–Trinajstić information content (AvgIpc) is 2.60. The van der Waals surface area contributed by atoms with Crippen LogP contribution in [0.15, 0.2) is 36.4 Å². The van der Waals surface area contributed by atoms with E-state index in [-0.39, 0.29) is 11.7 Å². The van der Waals surface area contributed by atoms with E-state index in [1.165, 1.54) is 17.7 Å². The maximum Gasteiger partial charge on any atom is 0.246 e. The third-order valence-electron chi connectivity index (χ3n) is 4.95. The maximum atomic E-state index is 12.2. The van der Waals surface area contributed by atoms with Crippen molar-refractivity contribution in [3.63, 3.8) is 0 Å². The summed E-state index contributed by atoms with van der Waals surface area (Å²) in [6.45, 7) is 8.22. The molecule has 0 aliphatic carbocycles. The molecule has 1 heterocycles. The molecule has 0 aromatic heterocycles. The molecule has 0 atom stereocenters. The second kappa shape index (κ2) is 8.81. The lowest BCUT2D eigenvalue weighted by Crippen LogP contribution is -2.38. The Balaban J connectivity index is 1.88. The summed E-state index contributed by atoms with van der Waals surface area (Å²) in [7, 11) is 0. The molecule has 1 amide bonds. The van der Waals surface area contributed by atoms with Crippen molar-refractivity contribution in [2.24, 2.45) is 11.8 Å². The number of likely N-dealkylation sites (tertiary alicyclic amines) is 1. The molecular weight excluding hydrogens is 298 g/mol. The SMILES string of the molecule is CCCc1ccc(C(=O)/C=C/C(=O)N2CCC(C(C)C)CC2)cc1. The van der Waals surface area contributed by atoms with Gasteiger partial charge in [-0.05, 0) is 42.7 Å². The Morgan fingerprint density at radius 2 is 1.75 bits per heavy atom. The van der Waals surface area contributed by atoms with Gasteiger partial charge in [-0.1, -0.05) is 51.5 Å². The van der Waals surface area contributed by atoms with E-state index in [4.69, 9.17) is 0 Å². The third-order valence-corrected chi connectivity index (χ3v) is 4.95. The van der Waals surface area contributed by atoms with Gasteiger partial charge in [0, 0.05) is 24.7 Å². The van der Waals surface area contributed by atoms with Gasteiger partial charge in [-0.15, -0.1) is 0 Å². The van der Waals surface area contributed by atoms with Gasteiger partial charge in [-0.2, -0.15) is 0 Å². The summed E-state index contributed by atoms with van der Waals surface area (Å²) in [5, 5.41) is 0. The highest BCUT2D eigenvalue weighted by Crippen LogP contribution is 2.24. The number of nitrogens with zero attached hydrogens (tertiary/aromatic N) is 1. The van der Waals surface area contributed by atoms with Gasteiger partial charge in [0.05, 0.1) is 0 Å². The van der Waals surface area contributed by atoms with Crippen molar-refractivity contribution in [1.82, 2.24) is 4.90 Å². The summed E-state index contributed by atoms with van der Waals surface area (Å²) < 4.78 is 0. The van der Waals surface area contributed by atoms with E-state index in [2.05, 4.69) is 20.8 Å². The van der Waals surface area contributed by atoms with Crippen LogP contribution in [0.2, 0.25) is 0 Å². The van der Waals surface area contributed by atoms with Crippen molar-refractivity contribution >= 4 is 11.7 Å². The van der Waals surface area contributed by atoms with Gasteiger partial charge < -0.3 is 4.90 Å². The van der Waals surface area contributed by atoms with Crippen molar-refractivity contribution in [2.75, 3.05) is 13.1 Å². The molecule has 2 rings (SSSR count). The number of carbonyl (C=O) groups is 2. The molecule has 24 heavy (non-hydrogen) atoms. The molecule has 1 saturated heterocycles. The van der Waals surface area contributed by atoms with Crippen LogP contribution in [0.1, 0.15) is 56.0 Å². The average molecular weight is 327 g/mol. The normalized spacial score (nSPS) is 16.1. The van der Waals surface area contributed by atoms with Crippen molar-refractivity contribution < 1.29 is 9.59 Å². The fraction of sp³-hybridized carbons (Fsp3) is 0.524. The second-order valence-electron chi connectivity index (χ2n) is 7.05. The zero-order valence-corrected chi connectivity index (χ0v) is 15.1. The molecule has 1 aliphatic heterocycles. The Bertz CT molecular complexity index is 578. The first-order valence-corrected chi connectivity index (χ1v) is 9.11. The van der Waals surface area contributed by atoms with E-state index in [0.717, 1.165) is 38.8 Å². The molecule has 1 aromatic carbocycles. The number of rotatable bonds is 6. The molecule has 0 unspecified atom stereocenters. The number of allylic oxidation sites excluding steroid dienone is 1. The minimum Gasteiger partial charge on any atom is -0.339 e. The number of carbonyl (C=O) groups excluding carboxylic acids is 2. The predicted molar refractivity (Wildman–Crippen MR) is 98.0 cm³/mol. The minimum absolute atomic E-state index is 0.0480. The summed E-state index contributed by atoms with van der Waals surface area (Å²) in [5.74, 6) is 1.23. The first-order valence-electron chi connectivity index (χ1n) is 9.11. The molecule has 0 spiro atoms. The minimum atomic E-state index is -0.108. The van der Waals surface area contributed by atoms with E-state index in [9.17, 15) is 9.59 Å². The number of benzene rings is 1. The Morgan fingerprint density at radius 1 is 1.12 bits per heavy atom. The standard InChI is InChI=1S/C21H29NO2/c1-4-5-17-6-8-19(9-7-17)20(23)10-11-21(24)22-14-12-18(13-15-22)16(2)3/h6-11,16,18H,4-5,12-15H2,1-3H3/b11-10+. The first-order chi connectivity index (χ1) is 11.5. The smallest absolute Gasteiger partial charge is 0.246 e. The largest absolute Gasteiger partial charge is 0.339 e. The fourth-order valence-electron chi connectivity index (χ4n) is 3.26. The summed E-state index contributed by atoms with van der Waals surface area (Å²) >= 11 is 0. The lowest BCUT2D eigenvalue weighted by atomic mass is 9.87. The Morgan fingerprint density at radius 3 is 2.29 bits per heavy atom. The number of hydrogen-bond acceptors (Lipinski definition) is 2. The van der Waals surface area contributed by atoms with Crippen LogP contribution in [0.4, 0.5) is 0 Å². The molecule has 130 valence electrons. The van der Waals surface area contributed by atoms with Gasteiger partial charge in [0.15, 0.2) is 5.78 Å². The van der Waals surface area contributed by atoms with Crippen LogP contribution in [-0.2, 0) is 11.2 Å². The number of ketones is 1. The maximum absolute atomic E-state index is 12.2. The molecule has 0 bridgehead atoms. The van der Waals surface area contributed by atoms with Crippen LogP contribution in [0.5, 0.6) is 0 Å². The summed E-state index contributed by atoms with van der Waals surface area (Å²) in [4.78, 5) is 26.3. The van der Waals surface area contributed by atoms with Crippen molar-refractivity contribution in [3.05, 3.63) is 47.5 Å². The van der Waals surface area contributed by atoms with Crippen LogP contribution in [-0.4, -0.2) is 29.7 Å². The molecular formula is C21H29NO2. The van der Waals surface area contributed by atoms with Gasteiger partial charge in [0.1, 0.15) is 0 Å². The highest BCUT2D eigenvalue weighted by atomic mass is 16.2. The van der Waals surface area contributed by atoms with Gasteiger partial charge in [0.2, 0.25) is 5.91 Å². The second-order valence-corrected chi connectivity index (χ2v) is 7.05. The highest BCUT2D eigenvalue weighted by Gasteiger charge is 2.23. The van der Waals surface area contributed by atoms with E-state index >= 15 is 0 Å². The third kappa shape index (κ3) is 5.05. The lowest BCUT2D eigenvalue weighted by Gasteiger charge is -2.33. The zero-order valence-electron chi connectivity index (χ0n) is 15.1. The number of piperidine rings is 1. The zero-order chi connectivity index (χ0) is 17.5. The van der Waals surface area contributed by atoms with Crippen LogP contribution in [0.25, 0.3) is 0 Å². The molecule has 1 fully saturated rings. The van der Waals surface area contributed by atoms with Gasteiger partial charge in [-0.3, -0.25) is 9.59 Å². The van der Waals surface area contributed by atoms with E-state index in [0.29, 0.717) is 17.4 Å². The fourth-order valence-corrected chi connectivity index (χ4v) is 3.26. The van der Waals surface area contributed by atoms with Crippen molar-refractivity contribution in [2.45, 2.75) is 46.5 Å². The lowest BCUT2D eigenvalue weighted by molar-refractivity contribution is -0.127. The molecule has 0 saturated carbocycles. The summed E-state index contributed by atoms with van der Waals surface area (Å²) in [6.07, 6.45) is 7.07. The monoisotopic (exact) mass is 327 g/mol. The Labute approximate surface area is 145 Å². The van der Waals surface area contributed by atoms with Crippen molar-refractivity contribution in [1.29, 1.82) is 0 Å². The van der Waals surface area contributed by atoms with Gasteiger partial charge >= 0.3 is 0 Å². The van der Waals surface area contributed by atoms with Crippen molar-refractivity contribution in [3.8, 4) is 0 Å². The number of aryl methyl sites for hydroxylation is 1. The van der Waals surface area contributed by atoms with Crippen LogP contribution < -0.4 is 0 Å². The topological polar surface area (TPSA) is 37.4 Å². The Hall–Kier alpha value is -1.90. The number of amides is 1. The molecule has 1 aromatic rings. The van der Waals surface area contributed by atoms with E-state index in [1.807, 2.05) is 29.2 Å². The van der Waals surface area contributed by atoms with Gasteiger partial charge in [-0.25, -0.2) is 0 Å². The molecule has 0 radical (unpaired) electrons. The quantitative estimate of drug-likeness (QED) is 0.578. The van der Waals surface area contributed by atoms with Crippen LogP contribution in [0.3, 0.4) is 0 Å². The Kier molecular flexibility index (Phi) is 6.77. The first kappa shape index (κ1) is 18.4. The predicted octanol–water partition coefficient (Wildman–Crippen LogP) is 4.27. The molecule has 3 heteroatoms. The van der Waals surface area contributed by atoms with E-state index in [1.54, 1.807) is 0 Å². The highest BCUT2D eigenvalue weighted by molar-refractivity contribution is 6.07. The molecule has 3 nitrogen and oxygen atoms in total. The molecule has 0 N–H and O–H groups in total. The molecule has 1 aliphatic rings. The van der Waals surface area contributed by atoms with Crippen LogP contribution >= 0.6 is 0 Å². The van der Waals surface area contributed by atoms with E-state index < -0.39 is 0 Å². The summed E-state index contributed by atoms with van der Waals surface area (Å²) in [6, 6.07) is 7.67.